The fraction of sp³-hybridized carbons (Fsp3) is 0.838. The highest BCUT2D eigenvalue weighted by atomic mass is 16.2. The molecule has 119 heavy (non-hydrogen) atoms. The van der Waals surface area contributed by atoms with Gasteiger partial charge in [0.15, 0.2) is 0 Å². The number of amides is 7. The molecule has 0 heterocycles. The maximum absolute atomic E-state index is 12.5. The summed E-state index contributed by atoms with van der Waals surface area (Å²) in [7, 11) is 0. The van der Waals surface area contributed by atoms with Gasteiger partial charge in [-0.3, -0.25) is 33.6 Å². The van der Waals surface area contributed by atoms with Crippen molar-refractivity contribution in [3.63, 3.8) is 0 Å². The Morgan fingerprint density at radius 2 is 0.580 bits per heavy atom. The Kier molecular flexibility index (Phi) is 53.3. The molecule has 0 saturated heterocycles. The minimum atomic E-state index is -0.156. The molecule has 0 aromatic rings. The van der Waals surface area contributed by atoms with Crippen LogP contribution in [-0.2, 0) is 33.6 Å². The van der Waals surface area contributed by atoms with E-state index in [1.54, 1.807) is 0 Å². The van der Waals surface area contributed by atoms with E-state index in [1.807, 2.05) is 169 Å². The van der Waals surface area contributed by atoms with Crippen molar-refractivity contribution >= 4 is 41.4 Å². The van der Waals surface area contributed by atoms with E-state index in [9.17, 15) is 33.6 Å². The van der Waals surface area contributed by atoms with Gasteiger partial charge in [-0.25, -0.2) is 0 Å². The van der Waals surface area contributed by atoms with Crippen LogP contribution in [0.1, 0.15) is 430 Å². The first-order valence-electron chi connectivity index (χ1n) is 47.5. The first-order chi connectivity index (χ1) is 54.2. The third kappa shape index (κ3) is 66.2. The maximum Gasteiger partial charge on any atom is 0.224 e. The quantitative estimate of drug-likeness (QED) is 0.0324. The predicted molar refractivity (Wildman–Crippen MR) is 514 cm³/mol. The number of carbonyl (C=O) groups is 7. The lowest BCUT2D eigenvalue weighted by Crippen LogP contribution is -2.46. The first kappa shape index (κ1) is 116. The van der Waals surface area contributed by atoms with Crippen LogP contribution in [0.2, 0.25) is 0 Å². The van der Waals surface area contributed by atoms with Crippen molar-refractivity contribution in [3.8, 4) is 0 Å². The van der Waals surface area contributed by atoms with Crippen LogP contribution in [-0.4, -0.2) is 80.1 Å². The van der Waals surface area contributed by atoms with Crippen molar-refractivity contribution in [1.82, 2.24) is 37.2 Å². The third-order valence-electron chi connectivity index (χ3n) is 21.8. The summed E-state index contributed by atoms with van der Waals surface area (Å²) in [4.78, 5) is 85.5. The smallest absolute Gasteiger partial charge is 0.224 e. The van der Waals surface area contributed by atoms with Crippen molar-refractivity contribution < 1.29 is 33.6 Å². The minimum Gasteiger partial charge on any atom is -0.351 e. The van der Waals surface area contributed by atoms with Crippen LogP contribution in [0.5, 0.6) is 0 Å². The van der Waals surface area contributed by atoms with Gasteiger partial charge in [0.25, 0.3) is 0 Å². The fourth-order valence-electron chi connectivity index (χ4n) is 14.9. The molecule has 9 atom stereocenters. The van der Waals surface area contributed by atoms with E-state index in [0.29, 0.717) is 11.8 Å². The van der Waals surface area contributed by atoms with E-state index in [1.165, 1.54) is 89.9 Å². The van der Waals surface area contributed by atoms with Crippen LogP contribution in [0.3, 0.4) is 0 Å². The molecule has 0 aromatic carbocycles. The van der Waals surface area contributed by atoms with Crippen LogP contribution >= 0.6 is 0 Å². The molecule has 14 heteroatoms. The molecule has 5 fully saturated rings. The highest BCUT2D eigenvalue weighted by molar-refractivity contribution is 5.82. The van der Waals surface area contributed by atoms with Gasteiger partial charge in [0.05, 0.1) is 0 Å². The topological polar surface area (TPSA) is 204 Å². The predicted octanol–water partition coefficient (Wildman–Crippen LogP) is 26.2. The van der Waals surface area contributed by atoms with E-state index in [-0.39, 0.29) is 132 Å². The van der Waals surface area contributed by atoms with Gasteiger partial charge in [-0.15, -0.1) is 0 Å². The summed E-state index contributed by atoms with van der Waals surface area (Å²) in [5.41, 5.74) is -0.498. The Hall–Kier alpha value is -5.01. The van der Waals surface area contributed by atoms with Gasteiger partial charge in [0.1, 0.15) is 0 Å². The van der Waals surface area contributed by atoms with Crippen LogP contribution in [0.15, 0.2) is 60.8 Å². The second-order valence-corrected chi connectivity index (χ2v) is 47.7. The Morgan fingerprint density at radius 3 is 0.882 bits per heavy atom. The third-order valence-corrected chi connectivity index (χ3v) is 21.8. The summed E-state index contributed by atoms with van der Waals surface area (Å²) in [5, 5.41) is 21.7. The molecule has 0 radical (unpaired) electrons. The zero-order valence-electron chi connectivity index (χ0n) is 85.1. The summed E-state index contributed by atoms with van der Waals surface area (Å²) in [6.45, 7) is 78.8. The maximum atomic E-state index is 12.5. The lowest BCUT2D eigenvalue weighted by Gasteiger charge is -2.32. The van der Waals surface area contributed by atoms with Gasteiger partial charge in [-0.05, 0) is 334 Å². The van der Waals surface area contributed by atoms with Crippen LogP contribution in [0.25, 0.3) is 0 Å². The standard InChI is InChI=1S/C17H31NO.C16H31NO.2C15H27NO.C15H29NO.C14H27NO.C13H25NO/c1-17(2,3)18-16(19)15(11-10-13-8-9-13)12-14-6-4-5-7-14;1-15(2,3)11-13(10-9-12-7-8-12)14(18)17-16(4,5)6;1-6-7-8-12(10-13-9-11(13)2)14(17)16-15(3,4)5;1-5-6-10-13(11-12-8-7-9-12)14(17)16-15(2,3)4;1-8-9-10-12(11-14(2,3)4)13(17)16-15(5,6)7;1-8-9-10-11(13(2,3)4)12(16)15-14(5,6)7;1-7-8-9-11(10(2)3)12(15)14-13(4,5)6/h13-15H,4-12H2,1-3H3,(H,18,19);12-13H,7-11H2,1-6H3,(H,17,18);6-7,11-13H,8-10H2,1-5H3,(H,16,17);5-6,12-13H,7-11H2,1-4H3,(H,16,17);8-9,12H,10-11H2,1-7H3,(H,16,17);8-9,11H,10H2,1-7H3,(H,15,16);7-8,10-11H,9H2,1-6H3,(H,14,15)/b;;7-6+;6-5+;2*9-8+;8-7+. The van der Waals surface area contributed by atoms with Crippen molar-refractivity contribution in [2.45, 2.75) is 469 Å². The SMILES string of the molecule is C/C=C/CC(C(=O)NC(C)(C)C)C(C)(C)C.C/C=C/CC(C(=O)NC(C)(C)C)C(C)C.C/C=C/CC(CC(C)(C)C)C(=O)NC(C)(C)C.C/C=C/CC(CC1CC1C)C(=O)NC(C)(C)C.C/C=C/CC(CC1CCC1)C(=O)NC(C)(C)C.CC(C)(C)CC(CCC1CC1)C(=O)NC(C)(C)C.CC(C)(C)NC(=O)C(CCC1CC1)CC1CCCC1. The van der Waals surface area contributed by atoms with Crippen LogP contribution in [0, 0.1) is 99.1 Å². The Morgan fingerprint density at radius 1 is 0.311 bits per heavy atom. The van der Waals surface area contributed by atoms with Gasteiger partial charge < -0.3 is 37.2 Å². The largest absolute Gasteiger partial charge is 0.351 e. The summed E-state index contributed by atoms with van der Waals surface area (Å²) in [6, 6.07) is 0. The zero-order chi connectivity index (χ0) is 92.5. The van der Waals surface area contributed by atoms with Crippen molar-refractivity contribution in [1.29, 1.82) is 0 Å². The van der Waals surface area contributed by atoms with E-state index in [2.05, 4.69) is 192 Å². The molecule has 5 saturated carbocycles. The number of hydrogen-bond donors (Lipinski definition) is 7. The molecule has 9 unspecified atom stereocenters. The van der Waals surface area contributed by atoms with E-state index in [4.69, 9.17) is 0 Å². The van der Waals surface area contributed by atoms with E-state index in [0.717, 1.165) is 113 Å². The minimum absolute atomic E-state index is 0.00512. The first-order valence-corrected chi connectivity index (χ1v) is 47.5. The summed E-state index contributed by atoms with van der Waals surface area (Å²) < 4.78 is 0. The zero-order valence-corrected chi connectivity index (χ0v) is 85.1. The molecule has 694 valence electrons. The van der Waals surface area contributed by atoms with Gasteiger partial charge in [-0.1, -0.05) is 214 Å². The summed E-state index contributed by atoms with van der Waals surface area (Å²) in [5.74, 6) is 7.87. The number of hydrogen-bond acceptors (Lipinski definition) is 7. The lowest BCUT2D eigenvalue weighted by atomic mass is 9.77. The number of rotatable bonds is 32. The molecular formula is C105H197N7O7. The second kappa shape index (κ2) is 54.7. The van der Waals surface area contributed by atoms with Gasteiger partial charge >= 0.3 is 0 Å². The average molecular weight is 1670 g/mol. The fourth-order valence-corrected chi connectivity index (χ4v) is 14.9. The van der Waals surface area contributed by atoms with Crippen molar-refractivity contribution in [2.24, 2.45) is 99.1 Å². The molecule has 0 aliphatic heterocycles. The van der Waals surface area contributed by atoms with Crippen molar-refractivity contribution in [3.05, 3.63) is 60.8 Å². The monoisotopic (exact) mass is 1670 g/mol. The molecular weight excluding hydrogens is 1470 g/mol. The molecule has 5 aliphatic carbocycles. The average Bonchev–Trinajstić information content (AvgIpc) is 1.80. The summed E-state index contributed by atoms with van der Waals surface area (Å²) in [6.07, 6.45) is 50.9. The Bertz CT molecular complexity index is 2960. The van der Waals surface area contributed by atoms with Crippen molar-refractivity contribution in [2.75, 3.05) is 0 Å². The molecule has 14 nitrogen and oxygen atoms in total. The molecule has 0 aromatic heterocycles. The molecule has 5 aliphatic rings. The number of allylic oxidation sites excluding steroid dienone is 10. The van der Waals surface area contributed by atoms with E-state index < -0.39 is 0 Å². The number of carbonyl (C=O) groups excluding carboxylic acids is 7. The molecule has 0 spiro atoms. The normalized spacial score (nSPS) is 18.8. The van der Waals surface area contributed by atoms with Crippen LogP contribution < -0.4 is 37.2 Å². The summed E-state index contributed by atoms with van der Waals surface area (Å²) >= 11 is 0. The Balaban J connectivity index is 0. The van der Waals surface area contributed by atoms with Gasteiger partial charge in [0, 0.05) is 80.2 Å². The molecule has 7 amide bonds. The van der Waals surface area contributed by atoms with Crippen LogP contribution in [0.4, 0.5) is 0 Å². The highest BCUT2D eigenvalue weighted by Gasteiger charge is 2.39. The second-order valence-electron chi connectivity index (χ2n) is 47.7. The van der Waals surface area contributed by atoms with Gasteiger partial charge in [0.2, 0.25) is 41.4 Å². The van der Waals surface area contributed by atoms with Gasteiger partial charge in [-0.2, -0.15) is 0 Å². The molecule has 5 rings (SSSR count). The molecule has 0 bridgehead atoms. The Labute approximate surface area is 736 Å². The lowest BCUT2D eigenvalue weighted by molar-refractivity contribution is -0.130. The van der Waals surface area contributed by atoms with E-state index >= 15 is 0 Å². The molecule has 7 N–H and O–H groups in total. The number of nitrogens with one attached hydrogen (secondary N) is 7. The highest BCUT2D eigenvalue weighted by Crippen LogP contribution is 2.44.